The van der Waals surface area contributed by atoms with Crippen LogP contribution in [0.5, 0.6) is 0 Å². The summed E-state index contributed by atoms with van der Waals surface area (Å²) >= 11 is 0. The summed E-state index contributed by atoms with van der Waals surface area (Å²) in [5, 5.41) is 11.9. The largest absolute Gasteiger partial charge is 0.480 e. The van der Waals surface area contributed by atoms with E-state index in [1.807, 2.05) is 6.08 Å². The van der Waals surface area contributed by atoms with Crippen molar-refractivity contribution in [2.75, 3.05) is 6.54 Å². The van der Waals surface area contributed by atoms with Crippen molar-refractivity contribution < 1.29 is 24.2 Å². The van der Waals surface area contributed by atoms with Crippen LogP contribution in [0.25, 0.3) is 0 Å². The lowest BCUT2D eigenvalue weighted by atomic mass is 10.0. The first-order valence-corrected chi connectivity index (χ1v) is 19.8. The van der Waals surface area contributed by atoms with Gasteiger partial charge in [-0.25, -0.2) is 4.79 Å². The number of carbonyl (C=O) groups is 3. The zero-order valence-electron chi connectivity index (χ0n) is 31.1. The van der Waals surface area contributed by atoms with E-state index in [0.29, 0.717) is 38.6 Å². The highest BCUT2D eigenvalue weighted by Crippen LogP contribution is 2.16. The van der Waals surface area contributed by atoms with Gasteiger partial charge in [-0.3, -0.25) is 9.59 Å². The Kier molecular flexibility index (Phi) is 34.1. The van der Waals surface area contributed by atoms with Gasteiger partial charge in [0.1, 0.15) is 12.1 Å². The van der Waals surface area contributed by atoms with Crippen LogP contribution in [0.2, 0.25) is 0 Å². The molecule has 7 heteroatoms. The van der Waals surface area contributed by atoms with Gasteiger partial charge < -0.3 is 20.9 Å². The Labute approximate surface area is 295 Å². The number of amides is 1. The molecule has 7 nitrogen and oxygen atoms in total. The quantitative estimate of drug-likeness (QED) is 0.0350. The molecule has 0 aromatic carbocycles. The minimum atomic E-state index is -1.02. The molecular formula is C41H74N2O5. The first kappa shape index (κ1) is 45.6. The first-order chi connectivity index (χ1) is 23.4. The molecule has 1 amide bonds. The van der Waals surface area contributed by atoms with E-state index in [4.69, 9.17) is 10.5 Å². The van der Waals surface area contributed by atoms with Crippen molar-refractivity contribution in [1.82, 2.24) is 5.32 Å². The lowest BCUT2D eigenvalue weighted by molar-refractivity contribution is -0.147. The number of carbonyl (C=O) groups excluding carboxylic acids is 2. The maximum absolute atomic E-state index is 12.7. The molecule has 0 aromatic rings. The minimum Gasteiger partial charge on any atom is -0.480 e. The van der Waals surface area contributed by atoms with Crippen molar-refractivity contribution in [3.05, 3.63) is 36.5 Å². The number of esters is 1. The molecule has 0 aliphatic carbocycles. The smallest absolute Gasteiger partial charge is 0.326 e. The standard InChI is InChI=1S/C41H74N2O5/c1-3-5-7-9-11-13-14-15-16-17-18-19-21-23-29-35-40(45)48-37(31-26-22-20-12-10-8-6-4-2)32-27-24-25-28-34-39(44)43-38(41(46)47)33-30-36-42/h6,8,12,20,26,31,37-38H,3-5,7,9-11,13-19,21-25,27-30,32-36,42H2,1-2H3,(H,43,44)(H,46,47)/b8-6-,20-12-,31-26-. The Morgan fingerprint density at radius 1 is 0.625 bits per heavy atom. The Hall–Kier alpha value is -2.41. The Bertz CT molecular complexity index is 854. The zero-order valence-corrected chi connectivity index (χ0v) is 31.1. The molecule has 0 radical (unpaired) electrons. The number of allylic oxidation sites excluding steroid dienone is 5. The number of nitrogens with one attached hydrogen (secondary N) is 1. The fraction of sp³-hybridized carbons (Fsp3) is 0.780. The van der Waals surface area contributed by atoms with Gasteiger partial charge >= 0.3 is 11.9 Å². The maximum Gasteiger partial charge on any atom is 0.326 e. The van der Waals surface area contributed by atoms with Gasteiger partial charge in [0, 0.05) is 12.8 Å². The van der Waals surface area contributed by atoms with Crippen LogP contribution >= 0.6 is 0 Å². The molecule has 0 aromatic heterocycles. The van der Waals surface area contributed by atoms with Crippen molar-refractivity contribution in [2.45, 2.75) is 199 Å². The topological polar surface area (TPSA) is 119 Å². The first-order valence-electron chi connectivity index (χ1n) is 19.8. The zero-order chi connectivity index (χ0) is 35.3. The van der Waals surface area contributed by atoms with Gasteiger partial charge in [0.05, 0.1) is 0 Å². The van der Waals surface area contributed by atoms with Crippen molar-refractivity contribution in [2.24, 2.45) is 5.73 Å². The Morgan fingerprint density at radius 3 is 1.67 bits per heavy atom. The van der Waals surface area contributed by atoms with Crippen LogP contribution in [0, 0.1) is 0 Å². The van der Waals surface area contributed by atoms with E-state index in [9.17, 15) is 19.5 Å². The molecule has 278 valence electrons. The lowest BCUT2D eigenvalue weighted by Gasteiger charge is -2.15. The molecule has 0 bridgehead atoms. The van der Waals surface area contributed by atoms with E-state index in [1.54, 1.807) is 0 Å². The van der Waals surface area contributed by atoms with E-state index in [2.05, 4.69) is 49.5 Å². The van der Waals surface area contributed by atoms with Gasteiger partial charge in [0.25, 0.3) is 0 Å². The van der Waals surface area contributed by atoms with E-state index < -0.39 is 12.0 Å². The SMILES string of the molecule is CC/C=C\C/C=C\C/C=C\C(CCCCCCC(=O)NC(CCCN)C(=O)O)OC(=O)CCCCCCCCCCCCCCCCC. The summed E-state index contributed by atoms with van der Waals surface area (Å²) in [4.78, 5) is 36.2. The van der Waals surface area contributed by atoms with Gasteiger partial charge in [-0.2, -0.15) is 0 Å². The van der Waals surface area contributed by atoms with E-state index >= 15 is 0 Å². The molecule has 2 unspecified atom stereocenters. The molecule has 0 heterocycles. The predicted octanol–water partition coefficient (Wildman–Crippen LogP) is 10.7. The van der Waals surface area contributed by atoms with Crippen molar-refractivity contribution in [3.8, 4) is 0 Å². The highest BCUT2D eigenvalue weighted by atomic mass is 16.5. The van der Waals surface area contributed by atoms with Crippen LogP contribution in [0.3, 0.4) is 0 Å². The third-order valence-corrected chi connectivity index (χ3v) is 8.70. The third kappa shape index (κ3) is 32.2. The number of hydrogen-bond acceptors (Lipinski definition) is 5. The van der Waals surface area contributed by atoms with Crippen LogP contribution in [0.1, 0.15) is 187 Å². The fourth-order valence-corrected chi connectivity index (χ4v) is 5.74. The summed E-state index contributed by atoms with van der Waals surface area (Å²) in [5.74, 6) is -1.36. The normalized spacial score (nSPS) is 13.1. The van der Waals surface area contributed by atoms with Gasteiger partial charge in [0.2, 0.25) is 5.91 Å². The molecule has 2 atom stereocenters. The van der Waals surface area contributed by atoms with E-state index in [1.165, 1.54) is 83.5 Å². The number of carboxylic acid groups (broad SMARTS) is 1. The number of rotatable bonds is 35. The second-order valence-electron chi connectivity index (χ2n) is 13.3. The van der Waals surface area contributed by atoms with Crippen LogP contribution in [-0.4, -0.2) is 41.6 Å². The van der Waals surface area contributed by atoms with E-state index in [-0.39, 0.29) is 18.0 Å². The number of ether oxygens (including phenoxy) is 1. The van der Waals surface area contributed by atoms with Gasteiger partial charge in [0.15, 0.2) is 0 Å². The average molecular weight is 675 g/mol. The molecule has 48 heavy (non-hydrogen) atoms. The Morgan fingerprint density at radius 2 is 1.12 bits per heavy atom. The lowest BCUT2D eigenvalue weighted by Crippen LogP contribution is -2.40. The number of carboxylic acids is 1. The van der Waals surface area contributed by atoms with Crippen LogP contribution in [0.15, 0.2) is 36.5 Å². The predicted molar refractivity (Wildman–Crippen MR) is 202 cm³/mol. The summed E-state index contributed by atoms with van der Waals surface area (Å²) in [6, 6.07) is -0.875. The van der Waals surface area contributed by atoms with Crippen LogP contribution in [-0.2, 0) is 19.1 Å². The highest BCUT2D eigenvalue weighted by Gasteiger charge is 2.19. The molecule has 4 N–H and O–H groups in total. The molecule has 0 saturated heterocycles. The number of aliphatic carboxylic acids is 1. The molecule has 0 rings (SSSR count). The minimum absolute atomic E-state index is 0.112. The molecular weight excluding hydrogens is 600 g/mol. The molecule has 0 spiro atoms. The summed E-state index contributed by atoms with van der Waals surface area (Å²) in [6.45, 7) is 4.80. The highest BCUT2D eigenvalue weighted by molar-refractivity contribution is 5.83. The van der Waals surface area contributed by atoms with Crippen molar-refractivity contribution in [1.29, 1.82) is 0 Å². The monoisotopic (exact) mass is 675 g/mol. The third-order valence-electron chi connectivity index (χ3n) is 8.70. The number of nitrogens with two attached hydrogens (primary N) is 1. The molecule has 0 aliphatic rings. The van der Waals surface area contributed by atoms with E-state index in [0.717, 1.165) is 57.8 Å². The van der Waals surface area contributed by atoms with Crippen LogP contribution < -0.4 is 11.1 Å². The summed E-state index contributed by atoms with van der Waals surface area (Å²) < 4.78 is 5.88. The average Bonchev–Trinajstić information content (AvgIpc) is 3.07. The second kappa shape index (κ2) is 35.9. The molecule has 0 fully saturated rings. The molecule has 0 saturated carbocycles. The van der Waals surface area contributed by atoms with Crippen molar-refractivity contribution >= 4 is 17.8 Å². The van der Waals surface area contributed by atoms with Gasteiger partial charge in [-0.1, -0.05) is 147 Å². The second-order valence-corrected chi connectivity index (χ2v) is 13.3. The fourth-order valence-electron chi connectivity index (χ4n) is 5.74. The molecule has 0 aliphatic heterocycles. The number of hydrogen-bond donors (Lipinski definition) is 3. The summed E-state index contributed by atoms with van der Waals surface area (Å²) in [7, 11) is 0. The maximum atomic E-state index is 12.7. The van der Waals surface area contributed by atoms with Crippen LogP contribution in [0.4, 0.5) is 0 Å². The van der Waals surface area contributed by atoms with Gasteiger partial charge in [-0.15, -0.1) is 0 Å². The van der Waals surface area contributed by atoms with Gasteiger partial charge in [-0.05, 0) is 70.4 Å². The number of unbranched alkanes of at least 4 members (excludes halogenated alkanes) is 17. The summed E-state index contributed by atoms with van der Waals surface area (Å²) in [6.07, 6.45) is 40.7. The Balaban J connectivity index is 4.31. The summed E-state index contributed by atoms with van der Waals surface area (Å²) in [5.41, 5.74) is 5.47. The van der Waals surface area contributed by atoms with Crippen molar-refractivity contribution in [3.63, 3.8) is 0 Å².